The highest BCUT2D eigenvalue weighted by Gasteiger charge is 2.63. The molecule has 166 valence electrons. The molecule has 2 amide bonds. The molecule has 5 rings (SSSR count). The second kappa shape index (κ2) is 8.12. The van der Waals surface area contributed by atoms with Crippen molar-refractivity contribution in [3.05, 3.63) is 77.9 Å². The van der Waals surface area contributed by atoms with E-state index in [-0.39, 0.29) is 24.1 Å². The third-order valence-corrected chi connectivity index (χ3v) is 6.23. The number of carbonyl (C=O) groups is 4. The number of ether oxygens (including phenoxy) is 1. The number of allylic oxidation sites excluding steroid dienone is 1. The van der Waals surface area contributed by atoms with Gasteiger partial charge in [0, 0.05) is 18.7 Å². The Hall–Kier alpha value is -4.07. The van der Waals surface area contributed by atoms with Crippen LogP contribution in [0, 0.1) is 11.8 Å². The van der Waals surface area contributed by atoms with E-state index in [0.29, 0.717) is 11.3 Å². The molecule has 4 atom stereocenters. The molecule has 0 radical (unpaired) electrons. The van der Waals surface area contributed by atoms with E-state index in [4.69, 9.17) is 4.74 Å². The lowest BCUT2D eigenvalue weighted by atomic mass is 9.86. The topological polar surface area (TPSA) is 96.3 Å². The van der Waals surface area contributed by atoms with E-state index < -0.39 is 29.9 Å². The average molecular weight is 443 g/mol. The smallest absolute Gasteiger partial charge is 0.308 e. The lowest BCUT2D eigenvalue weighted by molar-refractivity contribution is -0.142. The van der Waals surface area contributed by atoms with Gasteiger partial charge in [0.05, 0.1) is 24.4 Å². The van der Waals surface area contributed by atoms with Gasteiger partial charge in [0.1, 0.15) is 11.8 Å². The molecule has 0 saturated carbocycles. The predicted octanol–water partition coefficient (Wildman–Crippen LogP) is 2.20. The summed E-state index contributed by atoms with van der Waals surface area (Å²) in [6.45, 7) is 1.47. The van der Waals surface area contributed by atoms with Crippen LogP contribution in [-0.4, -0.2) is 51.8 Å². The summed E-state index contributed by atoms with van der Waals surface area (Å²) in [5, 5.41) is 5.92. The lowest BCUT2D eigenvalue weighted by Gasteiger charge is -2.30. The van der Waals surface area contributed by atoms with Crippen LogP contribution in [-0.2, 0) is 20.9 Å². The molecule has 2 fully saturated rings. The van der Waals surface area contributed by atoms with Crippen molar-refractivity contribution >= 4 is 29.8 Å². The number of likely N-dealkylation sites (tertiary alicyclic amines) is 1. The van der Waals surface area contributed by atoms with Gasteiger partial charge in [0.2, 0.25) is 11.8 Å². The minimum Gasteiger partial charge on any atom is -0.427 e. The van der Waals surface area contributed by atoms with E-state index in [2.05, 4.69) is 5.10 Å². The summed E-state index contributed by atoms with van der Waals surface area (Å²) in [5.41, 5.74) is 1.19. The molecule has 0 aromatic heterocycles. The first-order valence-corrected chi connectivity index (χ1v) is 10.7. The normalized spacial score (nSPS) is 25.2. The molecule has 3 heterocycles. The molecule has 0 aliphatic carbocycles. The van der Waals surface area contributed by atoms with Crippen molar-refractivity contribution in [1.82, 2.24) is 9.91 Å². The number of amides is 2. The largest absolute Gasteiger partial charge is 0.427 e. The van der Waals surface area contributed by atoms with Crippen molar-refractivity contribution in [2.45, 2.75) is 25.6 Å². The highest BCUT2D eigenvalue weighted by Crippen LogP contribution is 2.45. The highest BCUT2D eigenvalue weighted by atomic mass is 16.5. The Bertz CT molecular complexity index is 1190. The van der Waals surface area contributed by atoms with Crippen LogP contribution in [0.5, 0.6) is 5.75 Å². The van der Waals surface area contributed by atoms with Crippen molar-refractivity contribution in [3.8, 4) is 5.75 Å². The molecule has 3 aliphatic heterocycles. The molecule has 8 heteroatoms. The van der Waals surface area contributed by atoms with Gasteiger partial charge in [0.25, 0.3) is 0 Å². The fraction of sp³-hybridized carbons (Fsp3) is 0.240. The number of hydrazone groups is 1. The third kappa shape index (κ3) is 3.53. The van der Waals surface area contributed by atoms with Crippen LogP contribution in [0.15, 0.2) is 71.9 Å². The Morgan fingerprint density at radius 1 is 0.970 bits per heavy atom. The Labute approximate surface area is 190 Å². The van der Waals surface area contributed by atoms with Gasteiger partial charge in [-0.15, -0.1) is 0 Å². The molecule has 0 bridgehead atoms. The SMILES string of the molecule is CC(=O)Oc1ccc(C(=O)C2C3C(=O)N(Cc4ccccc4)C(=O)C3C3C=CC=NN32)cc1. The zero-order chi connectivity index (χ0) is 23.1. The Kier molecular flexibility index (Phi) is 5.12. The van der Waals surface area contributed by atoms with Crippen molar-refractivity contribution in [1.29, 1.82) is 0 Å². The number of Topliss-reactive ketones (excluding diaryl/α,β-unsaturated/α-hetero) is 1. The van der Waals surface area contributed by atoms with E-state index in [1.54, 1.807) is 29.4 Å². The number of nitrogens with zero attached hydrogens (tertiary/aromatic N) is 3. The molecule has 4 unspecified atom stereocenters. The van der Waals surface area contributed by atoms with E-state index in [1.807, 2.05) is 36.4 Å². The van der Waals surface area contributed by atoms with Gasteiger partial charge in [-0.1, -0.05) is 36.4 Å². The molecule has 0 N–H and O–H groups in total. The number of carbonyl (C=O) groups excluding carboxylic acids is 4. The van der Waals surface area contributed by atoms with Gasteiger partial charge in [-0.2, -0.15) is 5.10 Å². The van der Waals surface area contributed by atoms with Gasteiger partial charge in [-0.3, -0.25) is 29.1 Å². The molecule has 3 aliphatic rings. The molecular formula is C25H21N3O5. The number of hydrogen-bond acceptors (Lipinski definition) is 7. The third-order valence-electron chi connectivity index (χ3n) is 6.23. The van der Waals surface area contributed by atoms with Crippen LogP contribution in [0.4, 0.5) is 0 Å². The first-order chi connectivity index (χ1) is 16.0. The van der Waals surface area contributed by atoms with Crippen LogP contribution >= 0.6 is 0 Å². The molecule has 2 aromatic carbocycles. The summed E-state index contributed by atoms with van der Waals surface area (Å²) in [7, 11) is 0. The highest BCUT2D eigenvalue weighted by molar-refractivity contribution is 6.12. The standard InChI is InChI=1S/C25H21N3O5/c1-15(29)33-18-11-9-17(10-12-18)23(30)22-21-20(19-8-5-13-26-28(19)22)24(31)27(25(21)32)14-16-6-3-2-4-7-16/h2-13,19-22H,14H2,1H3. The Balaban J connectivity index is 1.47. The quantitative estimate of drug-likeness (QED) is 0.304. The molecule has 33 heavy (non-hydrogen) atoms. The summed E-state index contributed by atoms with van der Waals surface area (Å²) in [5.74, 6) is -2.60. The van der Waals surface area contributed by atoms with Crippen molar-refractivity contribution in [3.63, 3.8) is 0 Å². The monoisotopic (exact) mass is 443 g/mol. The predicted molar refractivity (Wildman–Crippen MR) is 118 cm³/mol. The molecule has 2 aromatic rings. The second-order valence-electron chi connectivity index (χ2n) is 8.25. The average Bonchev–Trinajstić information content (AvgIpc) is 3.28. The van der Waals surface area contributed by atoms with Gasteiger partial charge >= 0.3 is 5.97 Å². The Morgan fingerprint density at radius 3 is 2.36 bits per heavy atom. The maximum absolute atomic E-state index is 13.6. The van der Waals surface area contributed by atoms with Gasteiger partial charge in [0.15, 0.2) is 5.78 Å². The van der Waals surface area contributed by atoms with Crippen LogP contribution in [0.25, 0.3) is 0 Å². The summed E-state index contributed by atoms with van der Waals surface area (Å²) in [4.78, 5) is 52.8. The first kappa shape index (κ1) is 20.8. The number of esters is 1. The fourth-order valence-corrected chi connectivity index (χ4v) is 4.84. The van der Waals surface area contributed by atoms with Crippen molar-refractivity contribution < 1.29 is 23.9 Å². The summed E-state index contributed by atoms with van der Waals surface area (Å²) in [6.07, 6.45) is 5.11. The van der Waals surface area contributed by atoms with Crippen LogP contribution < -0.4 is 4.74 Å². The van der Waals surface area contributed by atoms with Crippen LogP contribution in [0.1, 0.15) is 22.8 Å². The van der Waals surface area contributed by atoms with Crippen LogP contribution in [0.3, 0.4) is 0 Å². The van der Waals surface area contributed by atoms with Crippen molar-refractivity contribution in [2.24, 2.45) is 16.9 Å². The van der Waals surface area contributed by atoms with E-state index in [9.17, 15) is 19.2 Å². The molecular weight excluding hydrogens is 422 g/mol. The number of imide groups is 1. The number of hydrogen-bond donors (Lipinski definition) is 0. The Morgan fingerprint density at radius 2 is 1.67 bits per heavy atom. The maximum atomic E-state index is 13.6. The molecule has 2 saturated heterocycles. The summed E-state index contributed by atoms with van der Waals surface area (Å²) in [6, 6.07) is 14.1. The zero-order valence-electron chi connectivity index (χ0n) is 17.8. The maximum Gasteiger partial charge on any atom is 0.308 e. The van der Waals surface area contributed by atoms with Gasteiger partial charge in [-0.05, 0) is 35.9 Å². The number of ketones is 1. The number of fused-ring (bicyclic) bond motifs is 3. The van der Waals surface area contributed by atoms with Gasteiger partial charge < -0.3 is 4.74 Å². The van der Waals surface area contributed by atoms with Crippen LogP contribution in [0.2, 0.25) is 0 Å². The summed E-state index contributed by atoms with van der Waals surface area (Å²) >= 11 is 0. The second-order valence-corrected chi connectivity index (χ2v) is 8.25. The fourth-order valence-electron chi connectivity index (χ4n) is 4.84. The van der Waals surface area contributed by atoms with Gasteiger partial charge in [-0.25, -0.2) is 0 Å². The van der Waals surface area contributed by atoms with E-state index in [1.165, 1.54) is 24.0 Å². The minimum atomic E-state index is -0.905. The zero-order valence-corrected chi connectivity index (χ0v) is 17.8. The first-order valence-electron chi connectivity index (χ1n) is 10.7. The lowest BCUT2D eigenvalue weighted by Crippen LogP contribution is -2.45. The number of rotatable bonds is 5. The van der Waals surface area contributed by atoms with Crippen molar-refractivity contribution in [2.75, 3.05) is 0 Å². The molecule has 0 spiro atoms. The summed E-state index contributed by atoms with van der Waals surface area (Å²) < 4.78 is 5.03. The number of benzene rings is 2. The van der Waals surface area contributed by atoms with E-state index in [0.717, 1.165) is 5.56 Å². The molecule has 8 nitrogen and oxygen atoms in total. The minimum absolute atomic E-state index is 0.170. The van der Waals surface area contributed by atoms with E-state index >= 15 is 0 Å².